The van der Waals surface area contributed by atoms with Crippen molar-refractivity contribution < 1.29 is 0 Å². The minimum Gasteiger partial charge on any atom is -0.316 e. The monoisotopic (exact) mass is 308 g/mol. The lowest BCUT2D eigenvalue weighted by atomic mass is 9.96. The number of nitrogens with one attached hydrogen (secondary N) is 1. The molecule has 20 heavy (non-hydrogen) atoms. The zero-order valence-electron chi connectivity index (χ0n) is 12.0. The van der Waals surface area contributed by atoms with Crippen LogP contribution in [0.25, 0.3) is 0 Å². The summed E-state index contributed by atoms with van der Waals surface area (Å²) in [6.07, 6.45) is 2.12. The van der Waals surface area contributed by atoms with E-state index in [4.69, 9.17) is 11.6 Å². The highest BCUT2D eigenvalue weighted by molar-refractivity contribution is 7.09. The molecule has 1 aromatic heterocycles. The van der Waals surface area contributed by atoms with E-state index in [0.29, 0.717) is 5.92 Å². The second-order valence-corrected chi connectivity index (χ2v) is 6.42. The Labute approximate surface area is 130 Å². The maximum absolute atomic E-state index is 6.12. The maximum atomic E-state index is 6.12. The average molecular weight is 309 g/mol. The van der Waals surface area contributed by atoms with E-state index >= 15 is 0 Å². The number of aromatic nitrogens is 1. The molecular formula is C16H21ClN2S. The first-order chi connectivity index (χ1) is 9.69. The molecule has 0 amide bonds. The van der Waals surface area contributed by atoms with Crippen molar-refractivity contribution in [2.75, 3.05) is 13.1 Å². The molecule has 2 nitrogen and oxygen atoms in total. The number of hydrogen-bond donors (Lipinski definition) is 1. The Morgan fingerprint density at radius 3 is 2.90 bits per heavy atom. The van der Waals surface area contributed by atoms with Gasteiger partial charge in [0.1, 0.15) is 0 Å². The molecule has 1 aromatic carbocycles. The molecule has 0 bridgehead atoms. The normalized spacial score (nSPS) is 12.6. The molecule has 2 rings (SSSR count). The third kappa shape index (κ3) is 4.58. The van der Waals surface area contributed by atoms with Crippen LogP contribution in [0.1, 0.15) is 35.5 Å². The minimum absolute atomic E-state index is 0.422. The summed E-state index contributed by atoms with van der Waals surface area (Å²) in [5.74, 6) is 0.422. The van der Waals surface area contributed by atoms with Gasteiger partial charge in [0, 0.05) is 35.0 Å². The van der Waals surface area contributed by atoms with Crippen molar-refractivity contribution in [1.29, 1.82) is 0 Å². The van der Waals surface area contributed by atoms with Gasteiger partial charge in [0.05, 0.1) is 5.01 Å². The highest BCUT2D eigenvalue weighted by atomic mass is 35.5. The van der Waals surface area contributed by atoms with Gasteiger partial charge in [-0.05, 0) is 37.6 Å². The Hall–Kier alpha value is -0.900. The summed E-state index contributed by atoms with van der Waals surface area (Å²) in [5.41, 5.74) is 2.39. The number of halogens is 1. The highest BCUT2D eigenvalue weighted by Crippen LogP contribution is 2.24. The first-order valence-electron chi connectivity index (χ1n) is 7.06. The summed E-state index contributed by atoms with van der Waals surface area (Å²) < 4.78 is 0. The first kappa shape index (κ1) is 15.5. The average Bonchev–Trinajstić information content (AvgIpc) is 2.83. The smallest absolute Gasteiger partial charge is 0.0934 e. The minimum atomic E-state index is 0.422. The summed E-state index contributed by atoms with van der Waals surface area (Å²) in [4.78, 5) is 4.58. The molecule has 0 saturated carbocycles. The Morgan fingerprint density at radius 2 is 2.25 bits per heavy atom. The van der Waals surface area contributed by atoms with Crippen LogP contribution >= 0.6 is 22.9 Å². The summed E-state index contributed by atoms with van der Waals surface area (Å²) in [7, 11) is 0. The number of benzene rings is 1. The van der Waals surface area contributed by atoms with Crippen molar-refractivity contribution in [3.63, 3.8) is 0 Å². The zero-order chi connectivity index (χ0) is 14.4. The van der Waals surface area contributed by atoms with Crippen LogP contribution in [-0.2, 0) is 6.42 Å². The molecular weight excluding hydrogens is 288 g/mol. The summed E-state index contributed by atoms with van der Waals surface area (Å²) in [6, 6.07) is 8.18. The largest absolute Gasteiger partial charge is 0.316 e. The summed E-state index contributed by atoms with van der Waals surface area (Å²) in [5, 5.41) is 7.63. The number of rotatable bonds is 7. The van der Waals surface area contributed by atoms with Crippen LogP contribution in [0.2, 0.25) is 5.02 Å². The molecule has 1 heterocycles. The Kier molecular flexibility index (Phi) is 6.02. The van der Waals surface area contributed by atoms with Gasteiger partial charge in [-0.1, -0.05) is 30.7 Å². The van der Waals surface area contributed by atoms with Gasteiger partial charge in [-0.25, -0.2) is 4.98 Å². The van der Waals surface area contributed by atoms with Crippen LogP contribution in [0.3, 0.4) is 0 Å². The van der Waals surface area contributed by atoms with Gasteiger partial charge in [-0.3, -0.25) is 0 Å². The van der Waals surface area contributed by atoms with Crippen LogP contribution < -0.4 is 5.32 Å². The fraction of sp³-hybridized carbons (Fsp3) is 0.438. The van der Waals surface area contributed by atoms with E-state index in [2.05, 4.69) is 34.7 Å². The molecule has 1 atom stereocenters. The van der Waals surface area contributed by atoms with Crippen molar-refractivity contribution in [1.82, 2.24) is 10.3 Å². The molecule has 0 fully saturated rings. The molecule has 0 spiro atoms. The van der Waals surface area contributed by atoms with Crippen molar-refractivity contribution in [2.24, 2.45) is 0 Å². The molecule has 0 aliphatic carbocycles. The van der Waals surface area contributed by atoms with Gasteiger partial charge in [0.15, 0.2) is 0 Å². The molecule has 108 valence electrons. The second-order valence-electron chi connectivity index (χ2n) is 5.04. The molecule has 4 heteroatoms. The van der Waals surface area contributed by atoms with Crippen LogP contribution in [0, 0.1) is 6.92 Å². The van der Waals surface area contributed by atoms with Crippen LogP contribution in [0.15, 0.2) is 29.6 Å². The van der Waals surface area contributed by atoms with Gasteiger partial charge in [0.2, 0.25) is 0 Å². The predicted octanol–water partition coefficient (Wildman–Crippen LogP) is 4.43. The summed E-state index contributed by atoms with van der Waals surface area (Å²) in [6.45, 7) is 6.25. The van der Waals surface area contributed by atoms with E-state index < -0.39 is 0 Å². The van der Waals surface area contributed by atoms with Crippen LogP contribution in [0.4, 0.5) is 0 Å². The number of hydrogen-bond acceptors (Lipinski definition) is 3. The van der Waals surface area contributed by atoms with Crippen molar-refractivity contribution in [3.8, 4) is 0 Å². The van der Waals surface area contributed by atoms with Gasteiger partial charge >= 0.3 is 0 Å². The Balaban J connectivity index is 2.11. The fourth-order valence-electron chi connectivity index (χ4n) is 2.23. The lowest BCUT2D eigenvalue weighted by Gasteiger charge is -2.17. The molecule has 1 unspecified atom stereocenters. The zero-order valence-corrected chi connectivity index (χ0v) is 13.6. The van der Waals surface area contributed by atoms with Crippen molar-refractivity contribution >= 4 is 22.9 Å². The Bertz CT molecular complexity index is 539. The van der Waals surface area contributed by atoms with Crippen LogP contribution in [-0.4, -0.2) is 18.1 Å². The second kappa shape index (κ2) is 7.77. The third-order valence-electron chi connectivity index (χ3n) is 3.23. The first-order valence-corrected chi connectivity index (χ1v) is 8.32. The van der Waals surface area contributed by atoms with E-state index in [0.717, 1.165) is 36.6 Å². The van der Waals surface area contributed by atoms with Crippen molar-refractivity contribution in [3.05, 3.63) is 50.9 Å². The number of aryl methyl sites for hydroxylation is 1. The number of nitrogens with zero attached hydrogens (tertiary/aromatic N) is 1. The molecule has 2 aromatic rings. The van der Waals surface area contributed by atoms with Gasteiger partial charge in [0.25, 0.3) is 0 Å². The SMILES string of the molecule is CCCNCC(Cc1nc(C)cs1)c1cccc(Cl)c1. The quantitative estimate of drug-likeness (QED) is 0.765. The fourth-order valence-corrected chi connectivity index (χ4v) is 3.28. The molecule has 0 aliphatic rings. The van der Waals surface area contributed by atoms with Gasteiger partial charge in [-0.15, -0.1) is 11.3 Å². The topological polar surface area (TPSA) is 24.9 Å². The standard InChI is InChI=1S/C16H21ClN2S/c1-3-7-18-10-14(9-16-19-12(2)11-20-16)13-5-4-6-15(17)8-13/h4-6,8,11,14,18H,3,7,9-10H2,1-2H3. The molecule has 0 saturated heterocycles. The Morgan fingerprint density at radius 1 is 1.40 bits per heavy atom. The van der Waals surface area contributed by atoms with Gasteiger partial charge in [-0.2, -0.15) is 0 Å². The van der Waals surface area contributed by atoms with E-state index in [9.17, 15) is 0 Å². The molecule has 0 radical (unpaired) electrons. The van der Waals surface area contributed by atoms with Gasteiger partial charge < -0.3 is 5.32 Å². The lowest BCUT2D eigenvalue weighted by Crippen LogP contribution is -2.23. The van der Waals surface area contributed by atoms with E-state index in [1.165, 1.54) is 10.6 Å². The van der Waals surface area contributed by atoms with Crippen molar-refractivity contribution in [2.45, 2.75) is 32.6 Å². The number of thiazole rings is 1. The summed E-state index contributed by atoms with van der Waals surface area (Å²) >= 11 is 7.87. The van der Waals surface area contributed by atoms with E-state index in [-0.39, 0.29) is 0 Å². The maximum Gasteiger partial charge on any atom is 0.0934 e. The van der Waals surface area contributed by atoms with Crippen LogP contribution in [0.5, 0.6) is 0 Å². The molecule has 0 aliphatic heterocycles. The highest BCUT2D eigenvalue weighted by Gasteiger charge is 2.14. The predicted molar refractivity (Wildman–Crippen MR) is 87.9 cm³/mol. The molecule has 1 N–H and O–H groups in total. The lowest BCUT2D eigenvalue weighted by molar-refractivity contribution is 0.575. The third-order valence-corrected chi connectivity index (χ3v) is 4.45. The van der Waals surface area contributed by atoms with E-state index in [1.54, 1.807) is 11.3 Å². The van der Waals surface area contributed by atoms with E-state index in [1.807, 2.05) is 19.1 Å².